The molecule has 0 aromatic heterocycles. The molecule has 1 aromatic rings. The maximum absolute atomic E-state index is 11.6. The molecule has 1 fully saturated rings. The first-order valence-corrected chi connectivity index (χ1v) is 9.84. The van der Waals surface area contributed by atoms with Crippen LogP contribution < -0.4 is 4.74 Å². The zero-order valence-electron chi connectivity index (χ0n) is 12.9. The lowest BCUT2D eigenvalue weighted by molar-refractivity contribution is 0.130. The van der Waals surface area contributed by atoms with Crippen LogP contribution in [-0.2, 0) is 9.05 Å². The summed E-state index contributed by atoms with van der Waals surface area (Å²) in [5.74, 6) is 1.58. The third-order valence-electron chi connectivity index (χ3n) is 4.35. The predicted molar refractivity (Wildman–Crippen MR) is 85.6 cm³/mol. The van der Waals surface area contributed by atoms with Crippen molar-refractivity contribution >= 4 is 19.7 Å². The summed E-state index contributed by atoms with van der Waals surface area (Å²) in [6.45, 7) is 5.75. The minimum absolute atomic E-state index is 0.200. The van der Waals surface area contributed by atoms with Crippen molar-refractivity contribution in [1.29, 1.82) is 0 Å². The fraction of sp³-hybridized carbons (Fsp3) is 0.625. The van der Waals surface area contributed by atoms with Crippen LogP contribution in [0.4, 0.5) is 0 Å². The third-order valence-corrected chi connectivity index (χ3v) is 5.95. The monoisotopic (exact) mass is 330 g/mol. The Kier molecular flexibility index (Phi) is 5.20. The Labute approximate surface area is 132 Å². The molecule has 0 atom stereocenters. The molecule has 0 spiro atoms. The van der Waals surface area contributed by atoms with Gasteiger partial charge in [0.2, 0.25) is 0 Å². The van der Waals surface area contributed by atoms with E-state index < -0.39 is 9.05 Å². The smallest absolute Gasteiger partial charge is 0.261 e. The summed E-state index contributed by atoms with van der Waals surface area (Å²) < 4.78 is 29.2. The van der Waals surface area contributed by atoms with E-state index in [9.17, 15) is 8.42 Å². The number of hydrogen-bond acceptors (Lipinski definition) is 3. The van der Waals surface area contributed by atoms with Crippen molar-refractivity contribution in [3.05, 3.63) is 23.3 Å². The summed E-state index contributed by atoms with van der Waals surface area (Å²) in [5.41, 5.74) is 1.28. The first kappa shape index (κ1) is 16.6. The van der Waals surface area contributed by atoms with Crippen LogP contribution in [0.25, 0.3) is 0 Å². The molecule has 1 saturated carbocycles. The molecule has 1 aliphatic carbocycles. The first-order chi connectivity index (χ1) is 9.81. The number of ether oxygens (including phenoxy) is 1. The van der Waals surface area contributed by atoms with E-state index in [1.54, 1.807) is 26.0 Å². The Bertz CT molecular complexity index is 579. The molecule has 1 aromatic carbocycles. The van der Waals surface area contributed by atoms with E-state index in [2.05, 4.69) is 6.92 Å². The highest BCUT2D eigenvalue weighted by Gasteiger charge is 2.23. The molecule has 0 N–H and O–H groups in total. The zero-order valence-corrected chi connectivity index (χ0v) is 14.4. The summed E-state index contributed by atoms with van der Waals surface area (Å²) >= 11 is 0. The van der Waals surface area contributed by atoms with Gasteiger partial charge >= 0.3 is 0 Å². The summed E-state index contributed by atoms with van der Waals surface area (Å²) in [6.07, 6.45) is 6.07. The van der Waals surface area contributed by atoms with E-state index in [1.165, 1.54) is 19.3 Å². The molecule has 0 radical (unpaired) electrons. The highest BCUT2D eigenvalue weighted by molar-refractivity contribution is 8.13. The van der Waals surface area contributed by atoms with Crippen molar-refractivity contribution in [2.45, 2.75) is 63.9 Å². The van der Waals surface area contributed by atoms with Gasteiger partial charge in [-0.25, -0.2) is 8.42 Å². The summed E-state index contributed by atoms with van der Waals surface area (Å²) in [5, 5.41) is 0. The van der Waals surface area contributed by atoms with Gasteiger partial charge in [0.15, 0.2) is 0 Å². The van der Waals surface area contributed by atoms with Crippen molar-refractivity contribution in [3.63, 3.8) is 0 Å². The molecule has 0 unspecified atom stereocenters. The molecule has 0 heterocycles. The fourth-order valence-corrected chi connectivity index (χ4v) is 4.83. The molecule has 0 saturated heterocycles. The van der Waals surface area contributed by atoms with E-state index >= 15 is 0 Å². The fourth-order valence-electron chi connectivity index (χ4n) is 3.21. The maximum Gasteiger partial charge on any atom is 0.261 e. The number of rotatable bonds is 4. The van der Waals surface area contributed by atoms with Gasteiger partial charge in [-0.2, -0.15) is 0 Å². The van der Waals surface area contributed by atoms with Crippen molar-refractivity contribution in [2.24, 2.45) is 5.92 Å². The summed E-state index contributed by atoms with van der Waals surface area (Å²) in [7, 11) is 1.77. The Morgan fingerprint density at radius 1 is 1.14 bits per heavy atom. The number of halogens is 1. The van der Waals surface area contributed by atoms with Gasteiger partial charge in [-0.1, -0.05) is 13.3 Å². The largest absolute Gasteiger partial charge is 0.490 e. The second-order valence-electron chi connectivity index (χ2n) is 5.99. The van der Waals surface area contributed by atoms with Crippen LogP contribution in [0, 0.1) is 19.8 Å². The van der Waals surface area contributed by atoms with Gasteiger partial charge in [0, 0.05) is 10.7 Å². The molecule has 0 amide bonds. The van der Waals surface area contributed by atoms with Crippen LogP contribution in [0.15, 0.2) is 17.0 Å². The second-order valence-corrected chi connectivity index (χ2v) is 8.50. The van der Waals surface area contributed by atoms with Crippen LogP contribution in [0.5, 0.6) is 5.75 Å². The van der Waals surface area contributed by atoms with Crippen LogP contribution >= 0.6 is 10.7 Å². The predicted octanol–water partition coefficient (Wildman–Crippen LogP) is 4.58. The zero-order chi connectivity index (χ0) is 15.6. The lowest BCUT2D eigenvalue weighted by atomic mass is 9.86. The van der Waals surface area contributed by atoms with Crippen molar-refractivity contribution in [2.75, 3.05) is 0 Å². The second kappa shape index (κ2) is 6.57. The number of aryl methyl sites for hydroxylation is 2. The molecular formula is C16H23ClO3S. The van der Waals surface area contributed by atoms with Crippen LogP contribution in [0.1, 0.15) is 50.2 Å². The third kappa shape index (κ3) is 4.13. The molecule has 21 heavy (non-hydrogen) atoms. The molecule has 3 nitrogen and oxygen atoms in total. The SMILES string of the molecule is CCC1CCC(Oc2cc(C)c(S(=O)(=O)Cl)c(C)c2)CC1. The van der Waals surface area contributed by atoms with E-state index in [0.717, 1.165) is 24.5 Å². The van der Waals surface area contributed by atoms with E-state index in [-0.39, 0.29) is 11.0 Å². The Morgan fingerprint density at radius 3 is 2.10 bits per heavy atom. The van der Waals surface area contributed by atoms with Gasteiger partial charge in [0.05, 0.1) is 11.0 Å². The van der Waals surface area contributed by atoms with Gasteiger partial charge in [-0.15, -0.1) is 0 Å². The van der Waals surface area contributed by atoms with E-state index in [0.29, 0.717) is 11.1 Å². The van der Waals surface area contributed by atoms with Gasteiger partial charge < -0.3 is 4.74 Å². The lowest BCUT2D eigenvalue weighted by Crippen LogP contribution is -2.24. The lowest BCUT2D eigenvalue weighted by Gasteiger charge is -2.28. The van der Waals surface area contributed by atoms with Crippen LogP contribution in [-0.4, -0.2) is 14.5 Å². The molecule has 0 bridgehead atoms. The Balaban J connectivity index is 2.12. The van der Waals surface area contributed by atoms with Crippen molar-refractivity contribution < 1.29 is 13.2 Å². The summed E-state index contributed by atoms with van der Waals surface area (Å²) in [6, 6.07) is 3.54. The molecule has 1 aliphatic rings. The van der Waals surface area contributed by atoms with Crippen molar-refractivity contribution in [1.82, 2.24) is 0 Å². The number of hydrogen-bond donors (Lipinski definition) is 0. The Morgan fingerprint density at radius 2 is 1.67 bits per heavy atom. The van der Waals surface area contributed by atoms with Gasteiger partial charge in [-0.3, -0.25) is 0 Å². The topological polar surface area (TPSA) is 43.4 Å². The van der Waals surface area contributed by atoms with E-state index in [4.69, 9.17) is 15.4 Å². The number of benzene rings is 1. The average Bonchev–Trinajstić information content (AvgIpc) is 2.37. The maximum atomic E-state index is 11.6. The molecule has 5 heteroatoms. The standard InChI is InChI=1S/C16H23ClO3S/c1-4-13-5-7-14(8-6-13)20-15-9-11(2)16(12(3)10-15)21(17,18)19/h9-10,13-14H,4-8H2,1-3H3. The highest BCUT2D eigenvalue weighted by Crippen LogP contribution is 2.32. The quantitative estimate of drug-likeness (QED) is 0.759. The van der Waals surface area contributed by atoms with Gasteiger partial charge in [0.1, 0.15) is 5.75 Å². The molecule has 0 aliphatic heterocycles. The Hall–Kier alpha value is -0.740. The molecular weight excluding hydrogens is 308 g/mol. The van der Waals surface area contributed by atoms with E-state index in [1.807, 2.05) is 0 Å². The summed E-state index contributed by atoms with van der Waals surface area (Å²) in [4.78, 5) is 0.200. The van der Waals surface area contributed by atoms with Crippen LogP contribution in [0.2, 0.25) is 0 Å². The van der Waals surface area contributed by atoms with Gasteiger partial charge in [-0.05, 0) is 68.7 Å². The minimum atomic E-state index is -3.71. The normalized spacial score (nSPS) is 23.0. The minimum Gasteiger partial charge on any atom is -0.490 e. The first-order valence-electron chi connectivity index (χ1n) is 7.53. The molecule has 2 rings (SSSR count). The van der Waals surface area contributed by atoms with Crippen LogP contribution in [0.3, 0.4) is 0 Å². The molecule has 118 valence electrons. The average molecular weight is 331 g/mol. The highest BCUT2D eigenvalue weighted by atomic mass is 35.7. The van der Waals surface area contributed by atoms with Crippen molar-refractivity contribution in [3.8, 4) is 5.75 Å². The van der Waals surface area contributed by atoms with Gasteiger partial charge in [0.25, 0.3) is 9.05 Å².